The van der Waals surface area contributed by atoms with E-state index < -0.39 is 5.97 Å². The van der Waals surface area contributed by atoms with Gasteiger partial charge in [0.1, 0.15) is 0 Å². The molecule has 0 saturated carbocycles. The van der Waals surface area contributed by atoms with Crippen molar-refractivity contribution in [3.63, 3.8) is 0 Å². The van der Waals surface area contributed by atoms with Crippen LogP contribution in [0.4, 0.5) is 5.69 Å². The zero-order valence-corrected chi connectivity index (χ0v) is 17.1. The maximum atomic E-state index is 12.1. The molecule has 2 aromatic rings. The number of thioether (sulfide) groups is 1. The van der Waals surface area contributed by atoms with Crippen molar-refractivity contribution in [2.24, 2.45) is 0 Å². The van der Waals surface area contributed by atoms with Gasteiger partial charge in [-0.15, -0.1) is 11.8 Å². The zero-order chi connectivity index (χ0) is 17.0. The number of carbonyl (C=O) groups excluding carboxylic acids is 1. The van der Waals surface area contributed by atoms with Gasteiger partial charge in [0, 0.05) is 18.3 Å². The number of carbonyl (C=O) groups is 2. The molecule has 8 heteroatoms. The molecule has 0 unspecified atom stereocenters. The average molecular weight is 524 g/mol. The molecule has 0 aliphatic heterocycles. The summed E-state index contributed by atoms with van der Waals surface area (Å²) in [4.78, 5) is 24.4. The van der Waals surface area contributed by atoms with Crippen molar-refractivity contribution in [1.29, 1.82) is 0 Å². The number of nitrogens with one attached hydrogen (secondary N) is 1. The second-order valence-corrected chi connectivity index (χ2v) is 8.14. The molecule has 1 amide bonds. The number of hydrogen-bond donors (Lipinski definition) is 2. The molecule has 2 rings (SSSR count). The van der Waals surface area contributed by atoms with Gasteiger partial charge in [-0.25, -0.2) is 4.79 Å². The molecule has 4 nitrogen and oxygen atoms in total. The summed E-state index contributed by atoms with van der Waals surface area (Å²) in [5.74, 6) is -1.20. The Kier molecular flexibility index (Phi) is 6.70. The second-order valence-electron chi connectivity index (χ2n) is 4.41. The van der Waals surface area contributed by atoms with Crippen molar-refractivity contribution < 1.29 is 14.7 Å². The molecule has 2 N–H and O–H groups in total. The highest BCUT2D eigenvalue weighted by atomic mass is 79.9. The molecule has 0 heterocycles. The van der Waals surface area contributed by atoms with E-state index in [0.717, 1.165) is 9.37 Å². The Morgan fingerprint density at radius 3 is 2.30 bits per heavy atom. The smallest absolute Gasteiger partial charge is 0.337 e. The fourth-order valence-electron chi connectivity index (χ4n) is 1.72. The fourth-order valence-corrected chi connectivity index (χ4v) is 4.01. The number of rotatable bonds is 5. The first-order valence-electron chi connectivity index (χ1n) is 6.27. The lowest BCUT2D eigenvalue weighted by molar-refractivity contribution is -0.113. The molecular formula is C15H10Br3NO3S. The Morgan fingerprint density at radius 2 is 1.70 bits per heavy atom. The molecule has 0 fully saturated rings. The van der Waals surface area contributed by atoms with Crippen LogP contribution >= 0.6 is 59.6 Å². The van der Waals surface area contributed by atoms with Gasteiger partial charge >= 0.3 is 5.97 Å². The van der Waals surface area contributed by atoms with Gasteiger partial charge in [0.2, 0.25) is 5.91 Å². The number of halogens is 3. The molecule has 0 atom stereocenters. The highest BCUT2D eigenvalue weighted by molar-refractivity contribution is 9.11. The van der Waals surface area contributed by atoms with Crippen molar-refractivity contribution in [2.45, 2.75) is 4.90 Å². The third-order valence-corrected chi connectivity index (χ3v) is 5.36. The first-order chi connectivity index (χ1) is 10.9. The number of aromatic carboxylic acids is 1. The third-order valence-electron chi connectivity index (χ3n) is 2.73. The second kappa shape index (κ2) is 8.32. The molecule has 0 aliphatic rings. The number of anilines is 1. The Hall–Kier alpha value is -0.830. The Balaban J connectivity index is 2.08. The van der Waals surface area contributed by atoms with E-state index in [0.29, 0.717) is 8.95 Å². The van der Waals surface area contributed by atoms with Gasteiger partial charge in [-0.05, 0) is 52.3 Å². The molecule has 0 aromatic heterocycles. The SMILES string of the molecule is O=C(CSc1ccc(Br)cc1)Nc1c(Br)cc(Br)cc1C(=O)O. The van der Waals surface area contributed by atoms with Gasteiger partial charge in [0.05, 0.1) is 17.0 Å². The van der Waals surface area contributed by atoms with Crippen LogP contribution in [0.3, 0.4) is 0 Å². The number of carboxylic acids is 1. The summed E-state index contributed by atoms with van der Waals surface area (Å²) in [6.07, 6.45) is 0. The van der Waals surface area contributed by atoms with Gasteiger partial charge in [-0.3, -0.25) is 4.79 Å². The minimum Gasteiger partial charge on any atom is -0.478 e. The summed E-state index contributed by atoms with van der Waals surface area (Å²) in [5.41, 5.74) is 0.273. The molecule has 23 heavy (non-hydrogen) atoms. The van der Waals surface area contributed by atoms with E-state index in [1.54, 1.807) is 6.07 Å². The van der Waals surface area contributed by atoms with E-state index >= 15 is 0 Å². The van der Waals surface area contributed by atoms with E-state index in [4.69, 9.17) is 0 Å². The van der Waals surface area contributed by atoms with Crippen LogP contribution in [-0.2, 0) is 4.79 Å². The number of amides is 1. The Labute approximate surface area is 162 Å². The van der Waals surface area contributed by atoms with Crippen molar-refractivity contribution >= 4 is 77.1 Å². The summed E-state index contributed by atoms with van der Waals surface area (Å²) >= 11 is 11.2. The molecule has 0 spiro atoms. The van der Waals surface area contributed by atoms with Crippen LogP contribution in [-0.4, -0.2) is 22.7 Å². The molecule has 0 radical (unpaired) electrons. The summed E-state index contributed by atoms with van der Waals surface area (Å²) in [6, 6.07) is 10.7. The lowest BCUT2D eigenvalue weighted by Gasteiger charge is -2.11. The first kappa shape index (κ1) is 18.5. The predicted molar refractivity (Wildman–Crippen MR) is 102 cm³/mol. The lowest BCUT2D eigenvalue weighted by Crippen LogP contribution is -2.17. The fraction of sp³-hybridized carbons (Fsp3) is 0.0667. The predicted octanol–water partition coefficient (Wildman–Crippen LogP) is 5.40. The van der Waals surface area contributed by atoms with Crippen LogP contribution in [0.1, 0.15) is 10.4 Å². The monoisotopic (exact) mass is 521 g/mol. The normalized spacial score (nSPS) is 10.4. The van der Waals surface area contributed by atoms with Crippen LogP contribution in [0.25, 0.3) is 0 Å². The minimum absolute atomic E-state index is 0.0215. The van der Waals surface area contributed by atoms with Crippen LogP contribution in [0.2, 0.25) is 0 Å². The van der Waals surface area contributed by atoms with E-state index in [9.17, 15) is 14.7 Å². The minimum atomic E-state index is -1.11. The standard InChI is InChI=1S/C15H10Br3NO3S/c16-8-1-3-10(4-2-8)23-7-13(20)19-14-11(15(21)22)5-9(17)6-12(14)18/h1-6H,7H2,(H,19,20)(H,21,22). The largest absolute Gasteiger partial charge is 0.478 e. The maximum Gasteiger partial charge on any atom is 0.337 e. The Bertz CT molecular complexity index is 750. The van der Waals surface area contributed by atoms with Gasteiger partial charge in [-0.2, -0.15) is 0 Å². The van der Waals surface area contributed by atoms with Crippen molar-refractivity contribution in [1.82, 2.24) is 0 Å². The number of benzene rings is 2. The highest BCUT2D eigenvalue weighted by Crippen LogP contribution is 2.31. The lowest BCUT2D eigenvalue weighted by atomic mass is 10.2. The van der Waals surface area contributed by atoms with Crippen molar-refractivity contribution in [3.05, 3.63) is 55.4 Å². The van der Waals surface area contributed by atoms with Crippen LogP contribution in [0, 0.1) is 0 Å². The first-order valence-corrected chi connectivity index (χ1v) is 9.64. The van der Waals surface area contributed by atoms with Gasteiger partial charge in [-0.1, -0.05) is 31.9 Å². The van der Waals surface area contributed by atoms with Gasteiger partial charge < -0.3 is 10.4 Å². The van der Waals surface area contributed by atoms with Crippen LogP contribution in [0.15, 0.2) is 54.7 Å². The number of hydrogen-bond acceptors (Lipinski definition) is 3. The maximum absolute atomic E-state index is 12.1. The van der Waals surface area contributed by atoms with Crippen molar-refractivity contribution in [2.75, 3.05) is 11.1 Å². The summed E-state index contributed by atoms with van der Waals surface area (Å²) < 4.78 is 2.09. The van der Waals surface area contributed by atoms with Gasteiger partial charge in [0.15, 0.2) is 0 Å². The van der Waals surface area contributed by atoms with Crippen LogP contribution in [0.5, 0.6) is 0 Å². The topological polar surface area (TPSA) is 66.4 Å². The summed E-state index contributed by atoms with van der Waals surface area (Å²) in [7, 11) is 0. The van der Waals surface area contributed by atoms with Gasteiger partial charge in [0.25, 0.3) is 0 Å². The zero-order valence-electron chi connectivity index (χ0n) is 11.5. The molecular weight excluding hydrogens is 514 g/mol. The van der Waals surface area contributed by atoms with E-state index in [1.807, 2.05) is 24.3 Å². The Morgan fingerprint density at radius 1 is 1.04 bits per heavy atom. The van der Waals surface area contributed by atoms with E-state index in [-0.39, 0.29) is 22.9 Å². The molecule has 0 bridgehead atoms. The highest BCUT2D eigenvalue weighted by Gasteiger charge is 2.17. The molecule has 120 valence electrons. The van der Waals surface area contributed by atoms with E-state index in [2.05, 4.69) is 53.1 Å². The number of carboxylic acid groups (broad SMARTS) is 1. The average Bonchev–Trinajstić information content (AvgIpc) is 2.49. The molecule has 2 aromatic carbocycles. The third kappa shape index (κ3) is 5.34. The quantitative estimate of drug-likeness (QED) is 0.515. The van der Waals surface area contributed by atoms with E-state index in [1.165, 1.54) is 17.8 Å². The summed E-state index contributed by atoms with van der Waals surface area (Å²) in [6.45, 7) is 0. The molecule has 0 aliphatic carbocycles. The summed E-state index contributed by atoms with van der Waals surface area (Å²) in [5, 5.41) is 11.9. The van der Waals surface area contributed by atoms with Crippen molar-refractivity contribution in [3.8, 4) is 0 Å². The van der Waals surface area contributed by atoms with Crippen LogP contribution < -0.4 is 5.32 Å². The molecule has 0 saturated heterocycles.